The first kappa shape index (κ1) is 34.0. The van der Waals surface area contributed by atoms with Crippen LogP contribution in [0.5, 0.6) is 0 Å². The maximum Gasteiger partial charge on any atom is 0.164 e. The molecular weight excluding hydrogens is 765 g/mol. The van der Waals surface area contributed by atoms with Gasteiger partial charge in [-0.3, -0.25) is 0 Å². The van der Waals surface area contributed by atoms with Gasteiger partial charge in [-0.05, 0) is 58.8 Å². The van der Waals surface area contributed by atoms with Crippen LogP contribution in [0.15, 0.2) is 199 Å². The fourth-order valence-corrected chi connectivity index (χ4v) is 10.4. The van der Waals surface area contributed by atoms with Crippen LogP contribution in [0.25, 0.3) is 126 Å². The summed E-state index contributed by atoms with van der Waals surface area (Å²) < 4.78 is 11.7. The number of hydrogen-bond donors (Lipinski definition) is 0. The van der Waals surface area contributed by atoms with Gasteiger partial charge in [0.05, 0.1) is 16.7 Å². The fourth-order valence-electron chi connectivity index (χ4n) is 9.29. The Morgan fingerprint density at radius 3 is 1.80 bits per heavy atom. The molecule has 0 saturated heterocycles. The zero-order valence-corrected chi connectivity index (χ0v) is 33.4. The number of para-hydroxylation sites is 1. The summed E-state index contributed by atoms with van der Waals surface area (Å²) in [5.74, 6) is 1.84. The number of furan rings is 1. The van der Waals surface area contributed by atoms with E-state index in [0.29, 0.717) is 17.5 Å². The maximum atomic E-state index is 6.88. The Hall–Kier alpha value is -7.93. The molecule has 9 aromatic carbocycles. The van der Waals surface area contributed by atoms with Crippen LogP contribution in [-0.4, -0.2) is 19.5 Å². The molecule has 284 valence electrons. The van der Waals surface area contributed by atoms with Gasteiger partial charge < -0.3 is 8.98 Å². The van der Waals surface area contributed by atoms with E-state index in [1.54, 1.807) is 11.3 Å². The van der Waals surface area contributed by atoms with E-state index in [4.69, 9.17) is 19.4 Å². The van der Waals surface area contributed by atoms with Crippen molar-refractivity contribution in [3.8, 4) is 51.0 Å². The van der Waals surface area contributed by atoms with Crippen LogP contribution in [0.1, 0.15) is 0 Å². The molecule has 0 aliphatic rings. The van der Waals surface area contributed by atoms with Crippen LogP contribution in [0, 0.1) is 0 Å². The lowest BCUT2D eigenvalue weighted by Gasteiger charge is -2.15. The molecule has 0 saturated carbocycles. The highest BCUT2D eigenvalue weighted by Crippen LogP contribution is 2.44. The summed E-state index contributed by atoms with van der Waals surface area (Å²) in [5, 5.41) is 9.16. The zero-order chi connectivity index (χ0) is 40.0. The molecule has 0 unspecified atom stereocenters. The van der Waals surface area contributed by atoms with Crippen LogP contribution in [0.2, 0.25) is 0 Å². The SMILES string of the molecule is c1ccc(-c2nc(-c3cccc4oc5cc(-n6c7ccccc7c7cc8ccccc8cc76)c(-c6ccccc6)cc5c34)nc(-c3cccc4sc5ccccc5c34)n2)cc1. The molecule has 13 aromatic rings. The zero-order valence-electron chi connectivity index (χ0n) is 32.6. The van der Waals surface area contributed by atoms with E-state index in [2.05, 4.69) is 168 Å². The van der Waals surface area contributed by atoms with Gasteiger partial charge in [0.15, 0.2) is 17.5 Å². The molecule has 13 rings (SSSR count). The second kappa shape index (κ2) is 13.3. The standard InChI is InChI=1S/C55H32N4OS/c1-3-15-33(16-4-1)41-31-43-48(32-46(41)59-44-25-11-9-21-37(44)42-29-35-19-7-8-20-36(35)30-45(42)59)60-47-26-13-23-39(51(43)47)54-56-53(34-17-5-2-6-18-34)57-55(58-54)40-24-14-28-50-52(40)38-22-10-12-27-49(38)61-50/h1-32H. The molecule has 0 bridgehead atoms. The van der Waals surface area contributed by atoms with Crippen molar-refractivity contribution in [3.05, 3.63) is 194 Å². The molecule has 0 atom stereocenters. The molecule has 0 N–H and O–H groups in total. The Labute approximate surface area is 353 Å². The van der Waals surface area contributed by atoms with E-state index < -0.39 is 0 Å². The minimum absolute atomic E-state index is 0.591. The molecule has 6 heteroatoms. The van der Waals surface area contributed by atoms with Gasteiger partial charge in [0.1, 0.15) is 11.2 Å². The van der Waals surface area contributed by atoms with Gasteiger partial charge in [0.2, 0.25) is 0 Å². The quantitative estimate of drug-likeness (QED) is 0.174. The highest BCUT2D eigenvalue weighted by molar-refractivity contribution is 7.25. The fraction of sp³-hybridized carbons (Fsp3) is 0. The number of nitrogens with zero attached hydrogens (tertiary/aromatic N) is 4. The lowest BCUT2D eigenvalue weighted by Crippen LogP contribution is -2.00. The van der Waals surface area contributed by atoms with Gasteiger partial charge in [-0.25, -0.2) is 15.0 Å². The van der Waals surface area contributed by atoms with Crippen molar-refractivity contribution in [1.82, 2.24) is 19.5 Å². The predicted octanol–water partition coefficient (Wildman–Crippen LogP) is 15.1. The molecule has 0 aliphatic carbocycles. The summed E-state index contributed by atoms with van der Waals surface area (Å²) in [5.41, 5.74) is 9.89. The van der Waals surface area contributed by atoms with Crippen molar-refractivity contribution >= 4 is 86.0 Å². The largest absolute Gasteiger partial charge is 0.456 e. The smallest absolute Gasteiger partial charge is 0.164 e. The lowest BCUT2D eigenvalue weighted by molar-refractivity contribution is 0.668. The van der Waals surface area contributed by atoms with Gasteiger partial charge >= 0.3 is 0 Å². The Morgan fingerprint density at radius 2 is 1.00 bits per heavy atom. The molecule has 61 heavy (non-hydrogen) atoms. The minimum atomic E-state index is 0.591. The van der Waals surface area contributed by atoms with Crippen molar-refractivity contribution in [3.63, 3.8) is 0 Å². The first-order valence-electron chi connectivity index (χ1n) is 20.4. The summed E-state index contributed by atoms with van der Waals surface area (Å²) in [7, 11) is 0. The van der Waals surface area contributed by atoms with Crippen LogP contribution >= 0.6 is 11.3 Å². The van der Waals surface area contributed by atoms with E-state index in [0.717, 1.165) is 71.9 Å². The van der Waals surface area contributed by atoms with E-state index in [-0.39, 0.29) is 0 Å². The van der Waals surface area contributed by atoms with Crippen molar-refractivity contribution in [1.29, 1.82) is 0 Å². The van der Waals surface area contributed by atoms with Gasteiger partial charge in [0, 0.05) is 70.0 Å². The number of hydrogen-bond acceptors (Lipinski definition) is 5. The molecule has 0 amide bonds. The second-order valence-corrected chi connectivity index (χ2v) is 16.6. The highest BCUT2D eigenvalue weighted by Gasteiger charge is 2.23. The molecule has 0 radical (unpaired) electrons. The Kier molecular flexibility index (Phi) is 7.41. The summed E-state index contributed by atoms with van der Waals surface area (Å²) in [6.07, 6.45) is 0. The highest BCUT2D eigenvalue weighted by atomic mass is 32.1. The summed E-state index contributed by atoms with van der Waals surface area (Å²) >= 11 is 1.79. The third kappa shape index (κ3) is 5.29. The molecule has 4 heterocycles. The molecule has 0 fully saturated rings. The molecule has 0 aliphatic heterocycles. The topological polar surface area (TPSA) is 56.7 Å². The number of fused-ring (bicyclic) bond motifs is 10. The minimum Gasteiger partial charge on any atom is -0.456 e. The van der Waals surface area contributed by atoms with E-state index in [1.165, 1.54) is 36.3 Å². The predicted molar refractivity (Wildman–Crippen MR) is 254 cm³/mol. The number of thiophene rings is 1. The van der Waals surface area contributed by atoms with E-state index in [9.17, 15) is 0 Å². The van der Waals surface area contributed by atoms with Crippen molar-refractivity contribution < 1.29 is 4.42 Å². The van der Waals surface area contributed by atoms with Crippen LogP contribution in [-0.2, 0) is 0 Å². The molecular formula is C55H32N4OS. The Morgan fingerprint density at radius 1 is 0.377 bits per heavy atom. The van der Waals surface area contributed by atoms with Crippen molar-refractivity contribution in [2.75, 3.05) is 0 Å². The average Bonchev–Trinajstić information content (AvgIpc) is 4.00. The normalized spacial score (nSPS) is 11.9. The van der Waals surface area contributed by atoms with Gasteiger partial charge in [0.25, 0.3) is 0 Å². The molecule has 5 nitrogen and oxygen atoms in total. The van der Waals surface area contributed by atoms with E-state index in [1.807, 2.05) is 30.3 Å². The number of benzene rings is 9. The van der Waals surface area contributed by atoms with E-state index >= 15 is 0 Å². The number of rotatable bonds is 5. The average molecular weight is 797 g/mol. The third-order valence-electron chi connectivity index (χ3n) is 12.0. The lowest BCUT2D eigenvalue weighted by atomic mass is 9.98. The second-order valence-electron chi connectivity index (χ2n) is 15.5. The van der Waals surface area contributed by atoms with Crippen LogP contribution in [0.3, 0.4) is 0 Å². The first-order valence-corrected chi connectivity index (χ1v) is 21.2. The van der Waals surface area contributed by atoms with Crippen molar-refractivity contribution in [2.24, 2.45) is 0 Å². The maximum absolute atomic E-state index is 6.88. The Balaban J connectivity index is 1.09. The summed E-state index contributed by atoms with van der Waals surface area (Å²) in [4.78, 5) is 15.8. The molecule has 0 spiro atoms. The van der Waals surface area contributed by atoms with Gasteiger partial charge in [-0.1, -0.05) is 146 Å². The third-order valence-corrected chi connectivity index (χ3v) is 13.2. The van der Waals surface area contributed by atoms with Gasteiger partial charge in [-0.2, -0.15) is 0 Å². The first-order chi connectivity index (χ1) is 30.2. The number of aromatic nitrogens is 4. The van der Waals surface area contributed by atoms with Gasteiger partial charge in [-0.15, -0.1) is 11.3 Å². The monoisotopic (exact) mass is 796 g/mol. The van der Waals surface area contributed by atoms with Crippen LogP contribution in [0.4, 0.5) is 0 Å². The van der Waals surface area contributed by atoms with Crippen molar-refractivity contribution in [2.45, 2.75) is 0 Å². The van der Waals surface area contributed by atoms with Crippen LogP contribution < -0.4 is 0 Å². The Bertz CT molecular complexity index is 3880. The summed E-state index contributed by atoms with van der Waals surface area (Å²) in [6, 6.07) is 68.5. The summed E-state index contributed by atoms with van der Waals surface area (Å²) in [6.45, 7) is 0. The molecule has 4 aromatic heterocycles.